The van der Waals surface area contributed by atoms with Crippen LogP contribution < -0.4 is 0 Å². The van der Waals surface area contributed by atoms with E-state index in [9.17, 15) is 13.5 Å². The number of sulfone groups is 1. The molecule has 1 N–H and O–H groups in total. The van der Waals surface area contributed by atoms with E-state index in [2.05, 4.69) is 0 Å². The molecular formula is C10H16O3S2. The van der Waals surface area contributed by atoms with E-state index < -0.39 is 15.9 Å². The second-order valence-electron chi connectivity index (χ2n) is 3.45. The third-order valence-electron chi connectivity index (χ3n) is 2.30. The van der Waals surface area contributed by atoms with Crippen molar-refractivity contribution >= 4 is 21.2 Å². The molecule has 1 aromatic heterocycles. The van der Waals surface area contributed by atoms with Crippen molar-refractivity contribution in [1.82, 2.24) is 0 Å². The van der Waals surface area contributed by atoms with Gasteiger partial charge in [0.1, 0.15) is 9.84 Å². The van der Waals surface area contributed by atoms with Crippen LogP contribution in [0.1, 0.15) is 31.4 Å². The molecule has 1 rings (SSSR count). The van der Waals surface area contributed by atoms with Gasteiger partial charge in [-0.3, -0.25) is 0 Å². The topological polar surface area (TPSA) is 54.4 Å². The number of hydrogen-bond donors (Lipinski definition) is 1. The predicted octanol–water partition coefficient (Wildman–Crippen LogP) is 2.00. The molecule has 3 nitrogen and oxygen atoms in total. The molecule has 0 bridgehead atoms. The van der Waals surface area contributed by atoms with Gasteiger partial charge < -0.3 is 5.11 Å². The summed E-state index contributed by atoms with van der Waals surface area (Å²) in [6.07, 6.45) is 0.506. The minimum absolute atomic E-state index is 0.171. The van der Waals surface area contributed by atoms with Crippen LogP contribution in [0.5, 0.6) is 0 Å². The molecule has 1 atom stereocenters. The second-order valence-corrected chi connectivity index (χ2v) is 6.70. The van der Waals surface area contributed by atoms with Crippen LogP contribution in [0.3, 0.4) is 0 Å². The zero-order chi connectivity index (χ0) is 11.3. The van der Waals surface area contributed by atoms with Gasteiger partial charge in [0.2, 0.25) is 0 Å². The molecule has 1 aromatic rings. The van der Waals surface area contributed by atoms with E-state index in [4.69, 9.17) is 0 Å². The quantitative estimate of drug-likeness (QED) is 0.837. The monoisotopic (exact) mass is 248 g/mol. The standard InChI is InChI=1S/C10H16O3S2/c1-2-15(12,13)7-3-4-10(11)9-5-6-14-8-9/h5-6,8,10-11H,2-4,7H2,1H3. The lowest BCUT2D eigenvalue weighted by molar-refractivity contribution is 0.167. The maximum absolute atomic E-state index is 11.2. The van der Waals surface area contributed by atoms with Crippen LogP contribution in [-0.4, -0.2) is 25.0 Å². The van der Waals surface area contributed by atoms with Crippen molar-refractivity contribution in [3.63, 3.8) is 0 Å². The van der Waals surface area contributed by atoms with E-state index in [0.717, 1.165) is 5.56 Å². The van der Waals surface area contributed by atoms with Crippen molar-refractivity contribution in [3.8, 4) is 0 Å². The zero-order valence-electron chi connectivity index (χ0n) is 8.72. The van der Waals surface area contributed by atoms with Crippen LogP contribution in [0, 0.1) is 0 Å². The summed E-state index contributed by atoms with van der Waals surface area (Å²) in [4.78, 5) is 0. The van der Waals surface area contributed by atoms with Crippen molar-refractivity contribution in [1.29, 1.82) is 0 Å². The molecule has 5 heteroatoms. The van der Waals surface area contributed by atoms with E-state index in [1.807, 2.05) is 16.8 Å². The van der Waals surface area contributed by atoms with Gasteiger partial charge in [-0.15, -0.1) is 0 Å². The Morgan fingerprint density at radius 3 is 2.80 bits per heavy atom. The first kappa shape index (κ1) is 12.7. The molecule has 0 aliphatic heterocycles. The molecule has 0 radical (unpaired) electrons. The number of aliphatic hydroxyl groups excluding tert-OH is 1. The summed E-state index contributed by atoms with van der Waals surface area (Å²) in [5.74, 6) is 0.353. The first-order valence-electron chi connectivity index (χ1n) is 4.96. The van der Waals surface area contributed by atoms with Crippen molar-refractivity contribution in [2.45, 2.75) is 25.9 Å². The molecule has 1 unspecified atom stereocenters. The molecule has 0 fully saturated rings. The highest BCUT2D eigenvalue weighted by Gasteiger charge is 2.11. The minimum Gasteiger partial charge on any atom is -0.388 e. The fraction of sp³-hybridized carbons (Fsp3) is 0.600. The summed E-state index contributed by atoms with van der Waals surface area (Å²) in [7, 11) is -2.89. The number of hydrogen-bond acceptors (Lipinski definition) is 4. The maximum atomic E-state index is 11.2. The predicted molar refractivity (Wildman–Crippen MR) is 62.8 cm³/mol. The minimum atomic E-state index is -2.89. The summed E-state index contributed by atoms with van der Waals surface area (Å²) >= 11 is 1.53. The number of thiophene rings is 1. The smallest absolute Gasteiger partial charge is 0.150 e. The van der Waals surface area contributed by atoms with E-state index >= 15 is 0 Å². The highest BCUT2D eigenvalue weighted by Crippen LogP contribution is 2.20. The van der Waals surface area contributed by atoms with Crippen LogP contribution in [0.4, 0.5) is 0 Å². The molecule has 0 aromatic carbocycles. The van der Waals surface area contributed by atoms with Gasteiger partial charge in [0, 0.05) is 5.75 Å². The lowest BCUT2D eigenvalue weighted by Gasteiger charge is -2.08. The largest absolute Gasteiger partial charge is 0.388 e. The highest BCUT2D eigenvalue weighted by molar-refractivity contribution is 7.91. The van der Waals surface area contributed by atoms with Crippen molar-refractivity contribution < 1.29 is 13.5 Å². The molecule has 0 aliphatic rings. The number of aliphatic hydroxyl groups is 1. The summed E-state index contributed by atoms with van der Waals surface area (Å²) < 4.78 is 22.4. The molecule has 0 saturated heterocycles. The van der Waals surface area contributed by atoms with E-state index in [0.29, 0.717) is 12.8 Å². The molecule has 86 valence electrons. The second kappa shape index (κ2) is 5.63. The fourth-order valence-electron chi connectivity index (χ4n) is 1.27. The molecule has 15 heavy (non-hydrogen) atoms. The summed E-state index contributed by atoms with van der Waals surface area (Å²) in [6, 6.07) is 1.86. The fourth-order valence-corrected chi connectivity index (χ4v) is 2.87. The van der Waals surface area contributed by atoms with Crippen molar-refractivity contribution in [2.75, 3.05) is 11.5 Å². The van der Waals surface area contributed by atoms with Crippen molar-refractivity contribution in [3.05, 3.63) is 22.4 Å². The zero-order valence-corrected chi connectivity index (χ0v) is 10.4. The molecule has 0 spiro atoms. The van der Waals surface area contributed by atoms with Gasteiger partial charge in [-0.2, -0.15) is 11.3 Å². The van der Waals surface area contributed by atoms with Gasteiger partial charge >= 0.3 is 0 Å². The number of rotatable bonds is 6. The first-order valence-corrected chi connectivity index (χ1v) is 7.72. The Morgan fingerprint density at radius 1 is 1.53 bits per heavy atom. The summed E-state index contributed by atoms with van der Waals surface area (Å²) in [5, 5.41) is 13.5. The average Bonchev–Trinajstić information content (AvgIpc) is 2.70. The van der Waals surface area contributed by atoms with Gasteiger partial charge in [0.25, 0.3) is 0 Å². The lowest BCUT2D eigenvalue weighted by Crippen LogP contribution is -2.09. The summed E-state index contributed by atoms with van der Waals surface area (Å²) in [6.45, 7) is 1.64. The van der Waals surface area contributed by atoms with Crippen LogP contribution in [-0.2, 0) is 9.84 Å². The van der Waals surface area contributed by atoms with E-state index in [1.54, 1.807) is 6.92 Å². The first-order chi connectivity index (χ1) is 7.05. The van der Waals surface area contributed by atoms with Gasteiger partial charge in [-0.1, -0.05) is 6.92 Å². The normalized spacial score (nSPS) is 14.0. The third kappa shape index (κ3) is 4.32. The lowest BCUT2D eigenvalue weighted by atomic mass is 10.1. The Balaban J connectivity index is 2.33. The maximum Gasteiger partial charge on any atom is 0.150 e. The van der Waals surface area contributed by atoms with Gasteiger partial charge in [0.05, 0.1) is 11.9 Å². The molecule has 0 amide bonds. The Labute approximate surface area is 94.7 Å². The molecule has 0 saturated carbocycles. The molecule has 0 aliphatic carbocycles. The SMILES string of the molecule is CCS(=O)(=O)CCCC(O)c1ccsc1. The Kier molecular flexibility index (Phi) is 4.76. The van der Waals surface area contributed by atoms with Gasteiger partial charge in [-0.25, -0.2) is 8.42 Å². The third-order valence-corrected chi connectivity index (χ3v) is 4.79. The van der Waals surface area contributed by atoms with Gasteiger partial charge in [-0.05, 0) is 35.2 Å². The summed E-state index contributed by atoms with van der Waals surface area (Å²) in [5.41, 5.74) is 0.883. The van der Waals surface area contributed by atoms with Gasteiger partial charge in [0.15, 0.2) is 0 Å². The van der Waals surface area contributed by atoms with E-state index in [1.165, 1.54) is 11.3 Å². The van der Waals surface area contributed by atoms with Crippen LogP contribution in [0.2, 0.25) is 0 Å². The van der Waals surface area contributed by atoms with Crippen LogP contribution >= 0.6 is 11.3 Å². The Hall–Kier alpha value is -0.390. The molecule has 1 heterocycles. The van der Waals surface area contributed by atoms with Crippen LogP contribution in [0.15, 0.2) is 16.8 Å². The van der Waals surface area contributed by atoms with E-state index in [-0.39, 0.29) is 11.5 Å². The molecular weight excluding hydrogens is 232 g/mol. The highest BCUT2D eigenvalue weighted by atomic mass is 32.2. The van der Waals surface area contributed by atoms with Crippen molar-refractivity contribution in [2.24, 2.45) is 0 Å². The Morgan fingerprint density at radius 2 is 2.27 bits per heavy atom. The van der Waals surface area contributed by atoms with Crippen LogP contribution in [0.25, 0.3) is 0 Å². The average molecular weight is 248 g/mol. The Bertz CT molecular complexity index is 367.